The zero-order valence-corrected chi connectivity index (χ0v) is 12.1. The third-order valence-corrected chi connectivity index (χ3v) is 3.97. The van der Waals surface area contributed by atoms with Crippen molar-refractivity contribution < 1.29 is 23.5 Å². The highest BCUT2D eigenvalue weighted by molar-refractivity contribution is 6.00. The third-order valence-electron chi connectivity index (χ3n) is 3.97. The fraction of sp³-hybridized carbons (Fsp3) is 0.375. The summed E-state index contributed by atoms with van der Waals surface area (Å²) in [5, 5.41) is 12.2. The van der Waals surface area contributed by atoms with E-state index in [1.807, 2.05) is 0 Å². The number of carboxylic acids is 1. The van der Waals surface area contributed by atoms with Gasteiger partial charge in [-0.3, -0.25) is 4.79 Å². The number of hydrogen-bond donors (Lipinski definition) is 2. The molecule has 1 atom stereocenters. The third kappa shape index (κ3) is 2.81. The van der Waals surface area contributed by atoms with E-state index in [-0.39, 0.29) is 5.76 Å². The molecule has 1 aromatic carbocycles. The van der Waals surface area contributed by atoms with Crippen LogP contribution in [0.2, 0.25) is 0 Å². The molecule has 0 bridgehead atoms. The van der Waals surface area contributed by atoms with Crippen molar-refractivity contribution in [3.05, 3.63) is 35.3 Å². The first-order valence-corrected chi connectivity index (χ1v) is 7.18. The van der Waals surface area contributed by atoms with E-state index in [0.717, 1.165) is 12.8 Å². The van der Waals surface area contributed by atoms with E-state index in [1.165, 1.54) is 18.2 Å². The van der Waals surface area contributed by atoms with E-state index in [2.05, 4.69) is 5.32 Å². The van der Waals surface area contributed by atoms with Crippen LogP contribution in [0.25, 0.3) is 11.0 Å². The SMILES string of the molecule is Cc1c(C(=O)NC(CC2CC2)C(=O)O)oc2ccc(F)cc12. The molecule has 1 saturated carbocycles. The van der Waals surface area contributed by atoms with Gasteiger partial charge >= 0.3 is 5.97 Å². The Bertz CT molecular complexity index is 748. The molecule has 2 aromatic rings. The summed E-state index contributed by atoms with van der Waals surface area (Å²) in [5.74, 6) is -1.65. The number of rotatable bonds is 5. The van der Waals surface area contributed by atoms with Crippen molar-refractivity contribution in [3.8, 4) is 0 Å². The first-order chi connectivity index (χ1) is 10.5. The number of amides is 1. The molecule has 116 valence electrons. The van der Waals surface area contributed by atoms with Crippen LogP contribution in [0, 0.1) is 18.7 Å². The molecule has 2 N–H and O–H groups in total. The number of hydrogen-bond acceptors (Lipinski definition) is 3. The predicted octanol–water partition coefficient (Wildman–Crippen LogP) is 2.86. The topological polar surface area (TPSA) is 79.5 Å². The summed E-state index contributed by atoms with van der Waals surface area (Å²) in [7, 11) is 0. The highest BCUT2D eigenvalue weighted by Crippen LogP contribution is 2.33. The molecule has 0 spiro atoms. The van der Waals surface area contributed by atoms with E-state index in [1.54, 1.807) is 6.92 Å². The minimum absolute atomic E-state index is 0.0302. The lowest BCUT2D eigenvalue weighted by Crippen LogP contribution is -2.41. The van der Waals surface area contributed by atoms with E-state index in [0.29, 0.717) is 28.9 Å². The smallest absolute Gasteiger partial charge is 0.326 e. The standard InChI is InChI=1S/C16H16FNO4/c1-8-11-7-10(17)4-5-13(11)22-14(8)15(19)18-12(16(20)21)6-9-2-3-9/h4-5,7,9,12H,2-3,6H2,1H3,(H,18,19)(H,20,21). The Hall–Kier alpha value is -2.37. The Morgan fingerprint density at radius 2 is 2.18 bits per heavy atom. The second-order valence-electron chi connectivity index (χ2n) is 5.74. The molecule has 6 heteroatoms. The maximum Gasteiger partial charge on any atom is 0.326 e. The van der Waals surface area contributed by atoms with E-state index in [9.17, 15) is 19.1 Å². The summed E-state index contributed by atoms with van der Waals surface area (Å²) >= 11 is 0. The van der Waals surface area contributed by atoms with Crippen molar-refractivity contribution in [1.29, 1.82) is 0 Å². The largest absolute Gasteiger partial charge is 0.480 e. The van der Waals surface area contributed by atoms with Gasteiger partial charge < -0.3 is 14.8 Å². The van der Waals surface area contributed by atoms with Gasteiger partial charge in [0.15, 0.2) is 5.76 Å². The fourth-order valence-corrected chi connectivity index (χ4v) is 2.54. The number of carbonyl (C=O) groups excluding carboxylic acids is 1. The minimum Gasteiger partial charge on any atom is -0.480 e. The molecular weight excluding hydrogens is 289 g/mol. The quantitative estimate of drug-likeness (QED) is 0.890. The lowest BCUT2D eigenvalue weighted by atomic mass is 10.1. The highest BCUT2D eigenvalue weighted by Gasteiger charge is 2.31. The molecule has 0 radical (unpaired) electrons. The number of furan rings is 1. The second kappa shape index (κ2) is 5.44. The van der Waals surface area contributed by atoms with Crippen molar-refractivity contribution in [2.24, 2.45) is 5.92 Å². The van der Waals surface area contributed by atoms with Crippen LogP contribution in [0.4, 0.5) is 4.39 Å². The Balaban J connectivity index is 1.84. The lowest BCUT2D eigenvalue weighted by Gasteiger charge is -2.13. The summed E-state index contributed by atoms with van der Waals surface area (Å²) in [4.78, 5) is 23.5. The summed E-state index contributed by atoms with van der Waals surface area (Å²) in [5.41, 5.74) is 0.903. The van der Waals surface area contributed by atoms with Crippen molar-refractivity contribution in [2.75, 3.05) is 0 Å². The van der Waals surface area contributed by atoms with Crippen molar-refractivity contribution in [2.45, 2.75) is 32.2 Å². The molecule has 1 unspecified atom stereocenters. The van der Waals surface area contributed by atoms with Gasteiger partial charge in [0.1, 0.15) is 17.4 Å². The van der Waals surface area contributed by atoms with Crippen LogP contribution >= 0.6 is 0 Å². The summed E-state index contributed by atoms with van der Waals surface area (Å²) in [6, 6.07) is 3.07. The first kappa shape index (κ1) is 14.6. The van der Waals surface area contributed by atoms with Crippen molar-refractivity contribution in [1.82, 2.24) is 5.32 Å². The number of aliphatic carboxylic acids is 1. The van der Waals surface area contributed by atoms with Gasteiger partial charge in [-0.2, -0.15) is 0 Å². The molecule has 1 amide bonds. The van der Waals surface area contributed by atoms with Gasteiger partial charge in [0.25, 0.3) is 5.91 Å². The number of nitrogens with one attached hydrogen (secondary N) is 1. The average molecular weight is 305 g/mol. The van der Waals surface area contributed by atoms with Crippen LogP contribution in [0.5, 0.6) is 0 Å². The van der Waals surface area contributed by atoms with E-state index in [4.69, 9.17) is 4.42 Å². The van der Waals surface area contributed by atoms with Gasteiger partial charge in [0.05, 0.1) is 0 Å². The molecule has 0 aliphatic heterocycles. The van der Waals surface area contributed by atoms with Gasteiger partial charge in [-0.25, -0.2) is 9.18 Å². The van der Waals surface area contributed by atoms with Gasteiger partial charge in [0.2, 0.25) is 0 Å². The van der Waals surface area contributed by atoms with Crippen LogP contribution in [-0.4, -0.2) is 23.0 Å². The molecule has 1 aromatic heterocycles. The first-order valence-electron chi connectivity index (χ1n) is 7.18. The maximum atomic E-state index is 13.3. The number of aryl methyl sites for hydroxylation is 1. The van der Waals surface area contributed by atoms with Crippen LogP contribution in [0.3, 0.4) is 0 Å². The maximum absolute atomic E-state index is 13.3. The lowest BCUT2D eigenvalue weighted by molar-refractivity contribution is -0.139. The monoisotopic (exact) mass is 305 g/mol. The van der Waals surface area contributed by atoms with E-state index >= 15 is 0 Å². The van der Waals surface area contributed by atoms with Crippen LogP contribution < -0.4 is 5.32 Å². The van der Waals surface area contributed by atoms with Crippen LogP contribution in [0.1, 0.15) is 35.4 Å². The van der Waals surface area contributed by atoms with Gasteiger partial charge in [-0.1, -0.05) is 12.8 Å². The molecule has 1 aliphatic carbocycles. The second-order valence-corrected chi connectivity index (χ2v) is 5.74. The number of fused-ring (bicyclic) bond motifs is 1. The summed E-state index contributed by atoms with van der Waals surface area (Å²) < 4.78 is 18.7. The predicted molar refractivity (Wildman–Crippen MR) is 77.1 cm³/mol. The number of halogens is 1. The zero-order valence-electron chi connectivity index (χ0n) is 12.1. The van der Waals surface area contributed by atoms with Gasteiger partial charge in [0, 0.05) is 10.9 Å². The van der Waals surface area contributed by atoms with E-state index < -0.39 is 23.7 Å². The normalized spacial score (nSPS) is 15.7. The van der Waals surface area contributed by atoms with Crippen LogP contribution in [-0.2, 0) is 4.79 Å². The average Bonchev–Trinajstić information content (AvgIpc) is 3.22. The molecule has 5 nitrogen and oxygen atoms in total. The van der Waals surface area contributed by atoms with Crippen LogP contribution in [0.15, 0.2) is 22.6 Å². The molecule has 0 saturated heterocycles. The molecular formula is C16H16FNO4. The molecule has 1 fully saturated rings. The fourth-order valence-electron chi connectivity index (χ4n) is 2.54. The Labute approximate surface area is 126 Å². The molecule has 1 aliphatic rings. The van der Waals surface area contributed by atoms with Crippen molar-refractivity contribution >= 4 is 22.8 Å². The van der Waals surface area contributed by atoms with Gasteiger partial charge in [-0.15, -0.1) is 0 Å². The number of carbonyl (C=O) groups is 2. The molecule has 1 heterocycles. The minimum atomic E-state index is -1.06. The Morgan fingerprint density at radius 1 is 1.45 bits per heavy atom. The summed E-state index contributed by atoms with van der Waals surface area (Å²) in [6.07, 6.45) is 2.43. The van der Waals surface area contributed by atoms with Crippen molar-refractivity contribution in [3.63, 3.8) is 0 Å². The zero-order chi connectivity index (χ0) is 15.9. The number of benzene rings is 1. The molecule has 22 heavy (non-hydrogen) atoms. The molecule has 3 rings (SSSR count). The Kier molecular flexibility index (Phi) is 3.60. The highest BCUT2D eigenvalue weighted by atomic mass is 19.1. The number of carboxylic acid groups (broad SMARTS) is 1. The summed E-state index contributed by atoms with van der Waals surface area (Å²) in [6.45, 7) is 1.65. The Morgan fingerprint density at radius 3 is 2.82 bits per heavy atom. The van der Waals surface area contributed by atoms with Gasteiger partial charge in [-0.05, 0) is 37.5 Å².